The van der Waals surface area contributed by atoms with E-state index in [0.29, 0.717) is 6.10 Å². The van der Waals surface area contributed by atoms with Crippen LogP contribution < -0.4 is 4.74 Å². The average Bonchev–Trinajstić information content (AvgIpc) is 2.51. The molecule has 0 N–H and O–H groups in total. The lowest BCUT2D eigenvalue weighted by Gasteiger charge is -2.28. The molecule has 1 aliphatic rings. The largest absolute Gasteiger partial charge is 0.490 e. The van der Waals surface area contributed by atoms with Gasteiger partial charge in [-0.1, -0.05) is 38.5 Å². The fourth-order valence-electron chi connectivity index (χ4n) is 3.17. The van der Waals surface area contributed by atoms with E-state index in [0.717, 1.165) is 18.1 Å². The molecule has 1 heteroatoms. The van der Waals surface area contributed by atoms with Crippen LogP contribution in [0.1, 0.15) is 64.9 Å². The van der Waals surface area contributed by atoms with Gasteiger partial charge in [0.15, 0.2) is 0 Å². The summed E-state index contributed by atoms with van der Waals surface area (Å²) >= 11 is 0. The Hall–Kier alpha value is -1.24. The molecule has 0 atom stereocenters. The van der Waals surface area contributed by atoms with E-state index in [1.807, 2.05) is 0 Å². The van der Waals surface area contributed by atoms with Gasteiger partial charge in [-0.3, -0.25) is 0 Å². The molecule has 1 nitrogen and oxygen atoms in total. The number of benzene rings is 1. The lowest BCUT2D eigenvalue weighted by molar-refractivity contribution is 0.130. The van der Waals surface area contributed by atoms with Crippen molar-refractivity contribution in [2.75, 3.05) is 0 Å². The summed E-state index contributed by atoms with van der Waals surface area (Å²) < 4.78 is 6.13. The second-order valence-corrected chi connectivity index (χ2v) is 5.86. The third-order valence-corrected chi connectivity index (χ3v) is 4.63. The van der Waals surface area contributed by atoms with Crippen molar-refractivity contribution in [3.8, 4) is 5.75 Å². The SMILES string of the molecule is C/C=C(\CC)c1ccc(OC2CCC(CC)CC2)cc1. The Labute approximate surface area is 124 Å². The monoisotopic (exact) mass is 272 g/mol. The Morgan fingerprint density at radius 1 is 1.10 bits per heavy atom. The Morgan fingerprint density at radius 2 is 1.75 bits per heavy atom. The quantitative estimate of drug-likeness (QED) is 0.653. The Bertz CT molecular complexity index is 422. The van der Waals surface area contributed by atoms with Gasteiger partial charge in [0.25, 0.3) is 0 Å². The highest BCUT2D eigenvalue weighted by Gasteiger charge is 2.21. The molecule has 0 bridgehead atoms. The van der Waals surface area contributed by atoms with E-state index in [-0.39, 0.29) is 0 Å². The van der Waals surface area contributed by atoms with Crippen molar-refractivity contribution in [2.45, 2.75) is 65.4 Å². The summed E-state index contributed by atoms with van der Waals surface area (Å²) in [6.07, 6.45) is 10.1. The van der Waals surface area contributed by atoms with E-state index < -0.39 is 0 Å². The first-order chi connectivity index (χ1) is 9.76. The molecule has 0 heterocycles. The van der Waals surface area contributed by atoms with E-state index in [1.54, 1.807) is 0 Å². The zero-order valence-corrected chi connectivity index (χ0v) is 13.2. The van der Waals surface area contributed by atoms with Crippen LogP contribution in [0.25, 0.3) is 5.57 Å². The summed E-state index contributed by atoms with van der Waals surface area (Å²) in [6.45, 7) is 6.61. The van der Waals surface area contributed by atoms with Crippen molar-refractivity contribution < 1.29 is 4.74 Å². The van der Waals surface area contributed by atoms with Crippen LogP contribution in [-0.2, 0) is 0 Å². The molecule has 1 fully saturated rings. The molecular formula is C19H28O. The van der Waals surface area contributed by atoms with Crippen LogP contribution in [0, 0.1) is 5.92 Å². The summed E-state index contributed by atoms with van der Waals surface area (Å²) in [5, 5.41) is 0. The molecule has 2 rings (SSSR count). The Kier molecular flexibility index (Phi) is 5.70. The van der Waals surface area contributed by atoms with Crippen LogP contribution in [0.4, 0.5) is 0 Å². The maximum Gasteiger partial charge on any atom is 0.119 e. The molecule has 0 aromatic heterocycles. The maximum absolute atomic E-state index is 6.13. The Morgan fingerprint density at radius 3 is 2.25 bits per heavy atom. The van der Waals surface area contributed by atoms with Crippen LogP contribution in [0.15, 0.2) is 30.3 Å². The predicted octanol–water partition coefficient (Wildman–Crippen LogP) is 5.85. The van der Waals surface area contributed by atoms with Gasteiger partial charge >= 0.3 is 0 Å². The van der Waals surface area contributed by atoms with Gasteiger partial charge in [0.1, 0.15) is 5.75 Å². The van der Waals surface area contributed by atoms with Gasteiger partial charge in [0.05, 0.1) is 6.10 Å². The average molecular weight is 272 g/mol. The van der Waals surface area contributed by atoms with Crippen molar-refractivity contribution in [1.29, 1.82) is 0 Å². The van der Waals surface area contributed by atoms with Crippen molar-refractivity contribution in [3.63, 3.8) is 0 Å². The van der Waals surface area contributed by atoms with Gasteiger partial charge in [0, 0.05) is 0 Å². The van der Waals surface area contributed by atoms with E-state index in [9.17, 15) is 0 Å². The first-order valence-electron chi connectivity index (χ1n) is 8.19. The van der Waals surface area contributed by atoms with Crippen molar-refractivity contribution in [1.82, 2.24) is 0 Å². The molecule has 0 aliphatic heterocycles. The van der Waals surface area contributed by atoms with Gasteiger partial charge in [0.2, 0.25) is 0 Å². The minimum Gasteiger partial charge on any atom is -0.490 e. The Balaban J connectivity index is 1.91. The molecular weight excluding hydrogens is 244 g/mol. The molecule has 1 saturated carbocycles. The van der Waals surface area contributed by atoms with Crippen LogP contribution in [0.3, 0.4) is 0 Å². The number of ether oxygens (including phenoxy) is 1. The summed E-state index contributed by atoms with van der Waals surface area (Å²) in [5.41, 5.74) is 2.72. The third kappa shape index (κ3) is 3.88. The molecule has 0 amide bonds. The van der Waals surface area contributed by atoms with E-state index in [4.69, 9.17) is 4.74 Å². The van der Waals surface area contributed by atoms with E-state index in [1.165, 1.54) is 43.2 Å². The second-order valence-electron chi connectivity index (χ2n) is 5.86. The van der Waals surface area contributed by atoms with Gasteiger partial charge in [-0.05, 0) is 68.2 Å². The summed E-state index contributed by atoms with van der Waals surface area (Å²) in [7, 11) is 0. The van der Waals surface area contributed by atoms with Crippen LogP contribution in [0.2, 0.25) is 0 Å². The van der Waals surface area contributed by atoms with Crippen molar-refractivity contribution >= 4 is 5.57 Å². The lowest BCUT2D eigenvalue weighted by atomic mass is 9.86. The molecule has 110 valence electrons. The highest BCUT2D eigenvalue weighted by Crippen LogP contribution is 2.30. The van der Waals surface area contributed by atoms with E-state index in [2.05, 4.69) is 51.1 Å². The first-order valence-corrected chi connectivity index (χ1v) is 8.19. The molecule has 20 heavy (non-hydrogen) atoms. The fraction of sp³-hybridized carbons (Fsp3) is 0.579. The first kappa shape index (κ1) is 15.2. The summed E-state index contributed by atoms with van der Waals surface area (Å²) in [6, 6.07) is 8.62. The molecule has 0 spiro atoms. The maximum atomic E-state index is 6.13. The molecule has 1 aromatic carbocycles. The zero-order chi connectivity index (χ0) is 14.4. The lowest BCUT2D eigenvalue weighted by Crippen LogP contribution is -2.23. The number of hydrogen-bond donors (Lipinski definition) is 0. The van der Waals surface area contributed by atoms with Crippen LogP contribution in [-0.4, -0.2) is 6.10 Å². The molecule has 0 radical (unpaired) electrons. The van der Waals surface area contributed by atoms with Crippen molar-refractivity contribution in [2.24, 2.45) is 5.92 Å². The molecule has 1 aliphatic carbocycles. The highest BCUT2D eigenvalue weighted by molar-refractivity contribution is 5.65. The van der Waals surface area contributed by atoms with Gasteiger partial charge < -0.3 is 4.74 Å². The predicted molar refractivity (Wildman–Crippen MR) is 87.0 cm³/mol. The van der Waals surface area contributed by atoms with Gasteiger partial charge in [-0.25, -0.2) is 0 Å². The number of allylic oxidation sites excluding steroid dienone is 2. The minimum atomic E-state index is 0.427. The number of hydrogen-bond acceptors (Lipinski definition) is 1. The second kappa shape index (κ2) is 7.52. The third-order valence-electron chi connectivity index (χ3n) is 4.63. The standard InChI is InChI=1S/C19H28O/c1-4-15-7-11-18(12-8-15)20-19-13-9-17(10-14-19)16(5-2)6-3/h5,9-10,13-15,18H,4,6-8,11-12H2,1-3H3/b16-5+. The van der Waals surface area contributed by atoms with Crippen molar-refractivity contribution in [3.05, 3.63) is 35.9 Å². The highest BCUT2D eigenvalue weighted by atomic mass is 16.5. The number of rotatable bonds is 5. The van der Waals surface area contributed by atoms with Crippen LogP contribution >= 0.6 is 0 Å². The van der Waals surface area contributed by atoms with Gasteiger partial charge in [-0.15, -0.1) is 0 Å². The van der Waals surface area contributed by atoms with Crippen LogP contribution in [0.5, 0.6) is 5.75 Å². The molecule has 0 saturated heterocycles. The van der Waals surface area contributed by atoms with E-state index >= 15 is 0 Å². The topological polar surface area (TPSA) is 9.23 Å². The molecule has 1 aromatic rings. The molecule has 0 unspecified atom stereocenters. The summed E-state index contributed by atoms with van der Waals surface area (Å²) in [5.74, 6) is 1.96. The minimum absolute atomic E-state index is 0.427. The fourth-order valence-corrected chi connectivity index (χ4v) is 3.17. The zero-order valence-electron chi connectivity index (χ0n) is 13.2. The normalized spacial score (nSPS) is 23.6. The van der Waals surface area contributed by atoms with Gasteiger partial charge in [-0.2, -0.15) is 0 Å². The smallest absolute Gasteiger partial charge is 0.119 e. The summed E-state index contributed by atoms with van der Waals surface area (Å²) in [4.78, 5) is 0.